The molecule has 0 saturated heterocycles. The Bertz CT molecular complexity index is 346. The molecule has 0 bridgehead atoms. The van der Waals surface area contributed by atoms with Crippen LogP contribution in [0.2, 0.25) is 0 Å². The monoisotopic (exact) mass is 211 g/mol. The SMILES string of the molecule is CN(CC1CC1)C(=O)c1cnc(N)s1. The van der Waals surface area contributed by atoms with E-state index in [2.05, 4.69) is 4.98 Å². The van der Waals surface area contributed by atoms with Gasteiger partial charge in [0.25, 0.3) is 5.91 Å². The number of nitrogens with zero attached hydrogens (tertiary/aromatic N) is 2. The van der Waals surface area contributed by atoms with Crippen molar-refractivity contribution in [2.75, 3.05) is 19.3 Å². The minimum absolute atomic E-state index is 0.0334. The summed E-state index contributed by atoms with van der Waals surface area (Å²) < 4.78 is 0. The van der Waals surface area contributed by atoms with Crippen LogP contribution in [0, 0.1) is 5.92 Å². The first-order chi connectivity index (χ1) is 6.66. The largest absolute Gasteiger partial charge is 0.375 e. The summed E-state index contributed by atoms with van der Waals surface area (Å²) in [5.41, 5.74) is 5.47. The molecular weight excluding hydrogens is 198 g/mol. The number of thiazole rings is 1. The number of carbonyl (C=O) groups is 1. The fourth-order valence-electron chi connectivity index (χ4n) is 1.35. The normalized spacial score (nSPS) is 15.5. The van der Waals surface area contributed by atoms with Crippen molar-refractivity contribution in [1.82, 2.24) is 9.88 Å². The molecule has 14 heavy (non-hydrogen) atoms. The molecule has 0 unspecified atom stereocenters. The number of nitrogen functional groups attached to an aromatic ring is 1. The molecule has 1 aromatic rings. The van der Waals surface area contributed by atoms with E-state index in [1.54, 1.807) is 11.1 Å². The predicted molar refractivity (Wildman–Crippen MR) is 56.2 cm³/mol. The Balaban J connectivity index is 1.99. The van der Waals surface area contributed by atoms with Crippen LogP contribution in [-0.2, 0) is 0 Å². The summed E-state index contributed by atoms with van der Waals surface area (Å²) in [5, 5.41) is 0.452. The molecule has 1 aliphatic carbocycles. The van der Waals surface area contributed by atoms with Gasteiger partial charge in [0.1, 0.15) is 4.88 Å². The van der Waals surface area contributed by atoms with Crippen molar-refractivity contribution >= 4 is 22.4 Å². The van der Waals surface area contributed by atoms with Crippen LogP contribution in [0.25, 0.3) is 0 Å². The Morgan fingerprint density at radius 2 is 2.50 bits per heavy atom. The summed E-state index contributed by atoms with van der Waals surface area (Å²) >= 11 is 1.25. The van der Waals surface area contributed by atoms with Gasteiger partial charge in [0.05, 0.1) is 6.20 Å². The molecule has 4 nitrogen and oxygen atoms in total. The van der Waals surface area contributed by atoms with Gasteiger partial charge in [-0.15, -0.1) is 0 Å². The first-order valence-corrected chi connectivity index (χ1v) is 5.45. The summed E-state index contributed by atoms with van der Waals surface area (Å²) in [6.07, 6.45) is 4.05. The van der Waals surface area contributed by atoms with Crippen molar-refractivity contribution < 1.29 is 4.79 Å². The van der Waals surface area contributed by atoms with Gasteiger partial charge in [-0.25, -0.2) is 4.98 Å². The Labute approximate surface area is 86.7 Å². The van der Waals surface area contributed by atoms with E-state index in [0.29, 0.717) is 15.9 Å². The number of hydrogen-bond donors (Lipinski definition) is 1. The topological polar surface area (TPSA) is 59.2 Å². The highest BCUT2D eigenvalue weighted by atomic mass is 32.1. The van der Waals surface area contributed by atoms with E-state index < -0.39 is 0 Å². The standard InChI is InChI=1S/C9H13N3OS/c1-12(5-6-2-3-6)8(13)7-4-11-9(10)14-7/h4,6H,2-3,5H2,1H3,(H2,10,11). The van der Waals surface area contributed by atoms with Crippen LogP contribution >= 0.6 is 11.3 Å². The van der Waals surface area contributed by atoms with Gasteiger partial charge in [0, 0.05) is 13.6 Å². The maximum absolute atomic E-state index is 11.8. The third kappa shape index (κ3) is 2.04. The molecule has 0 spiro atoms. The maximum atomic E-state index is 11.8. The lowest BCUT2D eigenvalue weighted by atomic mass is 10.3. The second-order valence-corrected chi connectivity index (χ2v) is 4.75. The van der Waals surface area contributed by atoms with Gasteiger partial charge in [0.2, 0.25) is 0 Å². The van der Waals surface area contributed by atoms with Crippen molar-refractivity contribution in [3.63, 3.8) is 0 Å². The number of aromatic nitrogens is 1. The highest BCUT2D eigenvalue weighted by molar-refractivity contribution is 7.17. The van der Waals surface area contributed by atoms with E-state index in [0.717, 1.165) is 6.54 Å². The molecular formula is C9H13N3OS. The molecule has 0 aliphatic heterocycles. The Kier molecular flexibility index (Phi) is 2.41. The molecule has 0 radical (unpaired) electrons. The molecule has 1 heterocycles. The highest BCUT2D eigenvalue weighted by Gasteiger charge is 2.25. The summed E-state index contributed by atoms with van der Waals surface area (Å²) in [4.78, 5) is 18.0. The van der Waals surface area contributed by atoms with Crippen LogP contribution in [-0.4, -0.2) is 29.4 Å². The van der Waals surface area contributed by atoms with Crippen molar-refractivity contribution in [3.05, 3.63) is 11.1 Å². The number of amides is 1. The van der Waals surface area contributed by atoms with Gasteiger partial charge in [-0.1, -0.05) is 11.3 Å². The molecule has 0 atom stereocenters. The van der Waals surface area contributed by atoms with Gasteiger partial charge in [0.15, 0.2) is 5.13 Å². The molecule has 1 aromatic heterocycles. The number of carbonyl (C=O) groups excluding carboxylic acids is 1. The van der Waals surface area contributed by atoms with Gasteiger partial charge < -0.3 is 10.6 Å². The summed E-state index contributed by atoms with van der Waals surface area (Å²) in [7, 11) is 1.83. The van der Waals surface area contributed by atoms with E-state index in [1.165, 1.54) is 24.2 Å². The van der Waals surface area contributed by atoms with Crippen LogP contribution in [0.3, 0.4) is 0 Å². The average Bonchev–Trinajstić information content (AvgIpc) is 2.85. The second-order valence-electron chi connectivity index (χ2n) is 3.69. The van der Waals surface area contributed by atoms with Crippen LogP contribution in [0.4, 0.5) is 5.13 Å². The smallest absolute Gasteiger partial charge is 0.265 e. The lowest BCUT2D eigenvalue weighted by Crippen LogP contribution is -2.28. The van der Waals surface area contributed by atoms with Gasteiger partial charge in [-0.2, -0.15) is 0 Å². The van der Waals surface area contributed by atoms with Gasteiger partial charge >= 0.3 is 0 Å². The molecule has 1 aliphatic rings. The molecule has 0 aromatic carbocycles. The first-order valence-electron chi connectivity index (χ1n) is 4.63. The predicted octanol–water partition coefficient (Wildman–Crippen LogP) is 1.21. The van der Waals surface area contributed by atoms with Crippen LogP contribution in [0.1, 0.15) is 22.5 Å². The van der Waals surface area contributed by atoms with Gasteiger partial charge in [-0.05, 0) is 18.8 Å². The van der Waals surface area contributed by atoms with E-state index in [4.69, 9.17) is 5.73 Å². The van der Waals surface area contributed by atoms with Crippen molar-refractivity contribution in [2.24, 2.45) is 5.92 Å². The molecule has 76 valence electrons. The highest BCUT2D eigenvalue weighted by Crippen LogP contribution is 2.30. The minimum atomic E-state index is 0.0334. The summed E-state index contributed by atoms with van der Waals surface area (Å²) in [5.74, 6) is 0.750. The quantitative estimate of drug-likeness (QED) is 0.817. The number of nitrogens with two attached hydrogens (primary N) is 1. The Morgan fingerprint density at radius 3 is 3.00 bits per heavy atom. The molecule has 1 amide bonds. The zero-order valence-electron chi connectivity index (χ0n) is 8.06. The lowest BCUT2D eigenvalue weighted by Gasteiger charge is -2.14. The minimum Gasteiger partial charge on any atom is -0.375 e. The zero-order chi connectivity index (χ0) is 10.1. The lowest BCUT2D eigenvalue weighted by molar-refractivity contribution is 0.0793. The molecule has 1 saturated carbocycles. The fraction of sp³-hybridized carbons (Fsp3) is 0.556. The van der Waals surface area contributed by atoms with Gasteiger partial charge in [-0.3, -0.25) is 4.79 Å². The second kappa shape index (κ2) is 3.57. The van der Waals surface area contributed by atoms with Crippen molar-refractivity contribution in [3.8, 4) is 0 Å². The third-order valence-corrected chi connectivity index (χ3v) is 3.12. The van der Waals surface area contributed by atoms with E-state index in [1.807, 2.05) is 7.05 Å². The number of hydrogen-bond acceptors (Lipinski definition) is 4. The maximum Gasteiger partial charge on any atom is 0.265 e. The third-order valence-electron chi connectivity index (χ3n) is 2.31. The summed E-state index contributed by atoms with van der Waals surface area (Å²) in [6, 6.07) is 0. The van der Waals surface area contributed by atoms with Crippen LogP contribution < -0.4 is 5.73 Å². The van der Waals surface area contributed by atoms with Crippen molar-refractivity contribution in [1.29, 1.82) is 0 Å². The number of rotatable bonds is 3. The van der Waals surface area contributed by atoms with Crippen LogP contribution in [0.5, 0.6) is 0 Å². The summed E-state index contributed by atoms with van der Waals surface area (Å²) in [6.45, 7) is 0.858. The van der Waals surface area contributed by atoms with Crippen LogP contribution in [0.15, 0.2) is 6.20 Å². The first kappa shape index (κ1) is 9.45. The zero-order valence-corrected chi connectivity index (χ0v) is 8.88. The number of anilines is 1. The molecule has 1 fully saturated rings. The average molecular weight is 211 g/mol. The molecule has 5 heteroatoms. The van der Waals surface area contributed by atoms with E-state index in [-0.39, 0.29) is 5.91 Å². The molecule has 2 rings (SSSR count). The fourth-order valence-corrected chi connectivity index (χ4v) is 2.02. The van der Waals surface area contributed by atoms with E-state index in [9.17, 15) is 4.79 Å². The Morgan fingerprint density at radius 1 is 1.79 bits per heavy atom. The Hall–Kier alpha value is -1.10. The van der Waals surface area contributed by atoms with Crippen molar-refractivity contribution in [2.45, 2.75) is 12.8 Å². The van der Waals surface area contributed by atoms with E-state index >= 15 is 0 Å². The molecule has 2 N–H and O–H groups in total.